The number of pyridine rings is 1. The number of hydrogen-bond donors (Lipinski definition) is 1. The quantitative estimate of drug-likeness (QED) is 0.591. The Labute approximate surface area is 119 Å². The lowest BCUT2D eigenvalue weighted by Gasteiger charge is -2.02. The Morgan fingerprint density at radius 3 is 2.95 bits per heavy atom. The van der Waals surface area contributed by atoms with Gasteiger partial charge in [0.15, 0.2) is 0 Å². The van der Waals surface area contributed by atoms with Crippen LogP contribution in [0.5, 0.6) is 0 Å². The Balaban J connectivity index is 1.74. The third kappa shape index (κ3) is 2.84. The van der Waals surface area contributed by atoms with Crippen LogP contribution in [0.25, 0.3) is 11.0 Å². The zero-order valence-electron chi connectivity index (χ0n) is 10.9. The molecule has 3 rings (SSSR count). The second-order valence-corrected chi connectivity index (χ2v) is 4.50. The minimum atomic E-state index is -0.631. The number of nitrogens with two attached hydrogens (primary N) is 1. The first-order valence-corrected chi connectivity index (χ1v) is 6.17. The van der Waals surface area contributed by atoms with E-state index in [2.05, 4.69) is 4.98 Å². The summed E-state index contributed by atoms with van der Waals surface area (Å²) in [5, 5.41) is 0.717. The molecule has 2 aromatic heterocycles. The summed E-state index contributed by atoms with van der Waals surface area (Å²) >= 11 is 0. The van der Waals surface area contributed by atoms with Crippen LogP contribution >= 0.6 is 0 Å². The van der Waals surface area contributed by atoms with Crippen molar-refractivity contribution in [3.05, 3.63) is 59.9 Å². The van der Waals surface area contributed by atoms with Crippen LogP contribution in [0, 0.1) is 5.82 Å². The summed E-state index contributed by atoms with van der Waals surface area (Å²) in [6.07, 6.45) is 2.50. The number of benzene rings is 1. The number of furan rings is 1. The zero-order chi connectivity index (χ0) is 14.8. The van der Waals surface area contributed by atoms with Crippen LogP contribution in [0.3, 0.4) is 0 Å². The van der Waals surface area contributed by atoms with Gasteiger partial charge in [0.05, 0.1) is 6.20 Å². The van der Waals surface area contributed by atoms with Crippen LogP contribution in [0.2, 0.25) is 0 Å². The lowest BCUT2D eigenvalue weighted by molar-refractivity contribution is 0.0438. The van der Waals surface area contributed by atoms with Crippen molar-refractivity contribution in [1.82, 2.24) is 4.98 Å². The number of halogens is 1. The fraction of sp³-hybridized carbons (Fsp3) is 0.0667. The van der Waals surface area contributed by atoms with E-state index in [4.69, 9.17) is 14.9 Å². The second-order valence-electron chi connectivity index (χ2n) is 4.50. The van der Waals surface area contributed by atoms with E-state index in [0.29, 0.717) is 16.8 Å². The van der Waals surface area contributed by atoms with Gasteiger partial charge >= 0.3 is 5.97 Å². The molecule has 0 saturated heterocycles. The summed E-state index contributed by atoms with van der Waals surface area (Å²) in [5.41, 5.74) is 7.24. The number of carbonyl (C=O) groups is 1. The summed E-state index contributed by atoms with van der Waals surface area (Å²) in [5.74, 6) is -1.04. The highest BCUT2D eigenvalue weighted by atomic mass is 19.1. The highest BCUT2D eigenvalue weighted by Gasteiger charge is 2.14. The van der Waals surface area contributed by atoms with Crippen molar-refractivity contribution in [3.63, 3.8) is 0 Å². The van der Waals surface area contributed by atoms with Crippen molar-refractivity contribution in [2.75, 3.05) is 5.73 Å². The predicted octanol–water partition coefficient (Wildman–Crippen LogP) is 2.91. The van der Waals surface area contributed by atoms with Gasteiger partial charge in [-0.2, -0.15) is 0 Å². The number of anilines is 1. The molecule has 0 amide bonds. The Morgan fingerprint density at radius 2 is 2.14 bits per heavy atom. The lowest BCUT2D eigenvalue weighted by atomic mass is 10.2. The van der Waals surface area contributed by atoms with Gasteiger partial charge in [-0.3, -0.25) is 4.98 Å². The Bertz CT molecular complexity index is 814. The van der Waals surface area contributed by atoms with E-state index in [1.165, 1.54) is 12.3 Å². The predicted molar refractivity (Wildman–Crippen MR) is 73.9 cm³/mol. The van der Waals surface area contributed by atoms with Crippen LogP contribution in [-0.4, -0.2) is 11.0 Å². The molecule has 0 bridgehead atoms. The van der Waals surface area contributed by atoms with E-state index in [1.807, 2.05) is 0 Å². The van der Waals surface area contributed by atoms with E-state index < -0.39 is 11.8 Å². The summed E-state index contributed by atoms with van der Waals surface area (Å²) in [7, 11) is 0. The molecule has 0 spiro atoms. The average Bonchev–Trinajstić information content (AvgIpc) is 2.88. The molecule has 0 unspecified atom stereocenters. The minimum absolute atomic E-state index is 0.0694. The van der Waals surface area contributed by atoms with Gasteiger partial charge in [-0.05, 0) is 30.3 Å². The largest absolute Gasteiger partial charge is 0.455 e. The van der Waals surface area contributed by atoms with Crippen LogP contribution in [0.15, 0.2) is 47.1 Å². The average molecular weight is 286 g/mol. The third-order valence-electron chi connectivity index (χ3n) is 2.87. The molecule has 0 radical (unpaired) electrons. The lowest BCUT2D eigenvalue weighted by Crippen LogP contribution is -2.04. The van der Waals surface area contributed by atoms with Gasteiger partial charge in [0, 0.05) is 22.8 Å². The zero-order valence-corrected chi connectivity index (χ0v) is 10.9. The maximum atomic E-state index is 13.0. The van der Waals surface area contributed by atoms with Gasteiger partial charge in [0.1, 0.15) is 18.0 Å². The molecule has 0 atom stereocenters. The molecule has 0 aliphatic heterocycles. The van der Waals surface area contributed by atoms with Gasteiger partial charge in [-0.1, -0.05) is 0 Å². The number of hydrogen-bond acceptors (Lipinski definition) is 5. The monoisotopic (exact) mass is 286 g/mol. The Hall–Kier alpha value is -2.89. The Morgan fingerprint density at radius 1 is 1.29 bits per heavy atom. The number of aromatic nitrogens is 1. The van der Waals surface area contributed by atoms with Crippen LogP contribution < -0.4 is 5.73 Å². The van der Waals surface area contributed by atoms with Gasteiger partial charge < -0.3 is 14.9 Å². The fourth-order valence-corrected chi connectivity index (χ4v) is 1.92. The number of carbonyl (C=O) groups excluding carboxylic acids is 1. The second kappa shape index (κ2) is 5.24. The first-order valence-electron chi connectivity index (χ1n) is 6.17. The van der Waals surface area contributed by atoms with Crippen LogP contribution in [-0.2, 0) is 11.3 Å². The topological polar surface area (TPSA) is 78.3 Å². The normalized spacial score (nSPS) is 10.7. The molecular formula is C15H11FN2O3. The number of nitrogen functional groups attached to an aromatic ring is 1. The van der Waals surface area contributed by atoms with E-state index >= 15 is 0 Å². The van der Waals surface area contributed by atoms with Crippen molar-refractivity contribution in [3.8, 4) is 0 Å². The first-order chi connectivity index (χ1) is 10.1. The van der Waals surface area contributed by atoms with Crippen LogP contribution in [0.1, 0.15) is 16.1 Å². The molecule has 6 heteroatoms. The number of nitrogens with zero attached hydrogens (tertiary/aromatic N) is 1. The summed E-state index contributed by atoms with van der Waals surface area (Å²) < 4.78 is 23.4. The molecule has 21 heavy (non-hydrogen) atoms. The van der Waals surface area contributed by atoms with Gasteiger partial charge in [-0.15, -0.1) is 0 Å². The molecule has 0 aliphatic rings. The van der Waals surface area contributed by atoms with Crippen molar-refractivity contribution in [1.29, 1.82) is 0 Å². The summed E-state index contributed by atoms with van der Waals surface area (Å²) in [6, 6.07) is 7.86. The number of fused-ring (bicyclic) bond motifs is 1. The molecular weight excluding hydrogens is 275 g/mol. The van der Waals surface area contributed by atoms with Crippen LogP contribution in [0.4, 0.5) is 10.1 Å². The van der Waals surface area contributed by atoms with Crippen molar-refractivity contribution in [2.24, 2.45) is 0 Å². The fourth-order valence-electron chi connectivity index (χ4n) is 1.92. The van der Waals surface area contributed by atoms with E-state index in [-0.39, 0.29) is 12.4 Å². The SMILES string of the molecule is Nc1ccc2oc(C(=O)OCc3cncc(F)c3)cc2c1. The molecule has 3 aromatic rings. The van der Waals surface area contributed by atoms with E-state index in [0.717, 1.165) is 11.6 Å². The minimum Gasteiger partial charge on any atom is -0.455 e. The highest BCUT2D eigenvalue weighted by Crippen LogP contribution is 2.22. The molecule has 5 nitrogen and oxygen atoms in total. The highest BCUT2D eigenvalue weighted by molar-refractivity contribution is 5.93. The first kappa shape index (κ1) is 13.1. The van der Waals surface area contributed by atoms with Crippen molar-refractivity contribution >= 4 is 22.6 Å². The Kier molecular flexibility index (Phi) is 3.27. The van der Waals surface area contributed by atoms with Gasteiger partial charge in [-0.25, -0.2) is 9.18 Å². The number of ether oxygens (including phenoxy) is 1. The van der Waals surface area contributed by atoms with E-state index in [1.54, 1.807) is 24.3 Å². The molecule has 2 N–H and O–H groups in total. The summed E-state index contributed by atoms with van der Waals surface area (Å²) in [6.45, 7) is -0.0806. The summed E-state index contributed by atoms with van der Waals surface area (Å²) in [4.78, 5) is 15.6. The molecule has 1 aromatic carbocycles. The standard InChI is InChI=1S/C15H11FN2O3/c16-11-3-9(6-18-7-11)8-20-15(19)14-5-10-4-12(17)1-2-13(10)21-14/h1-7H,8,17H2. The molecule has 0 aliphatic carbocycles. The maximum absolute atomic E-state index is 13.0. The molecule has 0 fully saturated rings. The van der Waals surface area contributed by atoms with Crippen molar-refractivity contribution < 1.29 is 18.3 Å². The number of esters is 1. The van der Waals surface area contributed by atoms with Gasteiger partial charge in [0.2, 0.25) is 5.76 Å². The number of rotatable bonds is 3. The van der Waals surface area contributed by atoms with Crippen molar-refractivity contribution in [2.45, 2.75) is 6.61 Å². The molecule has 106 valence electrons. The molecule has 0 saturated carbocycles. The van der Waals surface area contributed by atoms with E-state index in [9.17, 15) is 9.18 Å². The maximum Gasteiger partial charge on any atom is 0.374 e. The van der Waals surface area contributed by atoms with Gasteiger partial charge in [0.25, 0.3) is 0 Å². The smallest absolute Gasteiger partial charge is 0.374 e. The third-order valence-corrected chi connectivity index (χ3v) is 2.87. The molecule has 2 heterocycles.